The van der Waals surface area contributed by atoms with Crippen molar-refractivity contribution in [2.45, 2.75) is 58.4 Å². The number of nitrogens with one attached hydrogen (secondary N) is 1. The highest BCUT2D eigenvalue weighted by Gasteiger charge is 2.29. The zero-order chi connectivity index (χ0) is 12.1. The summed E-state index contributed by atoms with van der Waals surface area (Å²) in [5.41, 5.74) is 0. The van der Waals surface area contributed by atoms with E-state index in [0.717, 1.165) is 11.8 Å². The lowest BCUT2D eigenvalue weighted by atomic mass is 9.78. The van der Waals surface area contributed by atoms with Crippen molar-refractivity contribution >= 4 is 0 Å². The predicted octanol–water partition coefficient (Wildman–Crippen LogP) is 2.41. The van der Waals surface area contributed by atoms with Gasteiger partial charge in [0.1, 0.15) is 0 Å². The molecule has 0 bridgehead atoms. The van der Waals surface area contributed by atoms with Crippen LogP contribution < -0.4 is 5.32 Å². The minimum atomic E-state index is -0.149. The quantitative estimate of drug-likeness (QED) is 0.734. The van der Waals surface area contributed by atoms with Gasteiger partial charge in [-0.25, -0.2) is 0 Å². The Hall–Kier alpha value is -0.120. The number of hydrogen-bond acceptors (Lipinski definition) is 3. The third kappa shape index (κ3) is 3.44. The molecule has 4 atom stereocenters. The summed E-state index contributed by atoms with van der Waals surface area (Å²) in [7, 11) is 3.39. The molecule has 4 unspecified atom stereocenters. The molecule has 1 aliphatic rings. The van der Waals surface area contributed by atoms with Gasteiger partial charge in [-0.3, -0.25) is 0 Å². The Balaban J connectivity index is 2.45. The maximum atomic E-state index is 5.28. The zero-order valence-electron chi connectivity index (χ0n) is 11.3. The van der Waals surface area contributed by atoms with Gasteiger partial charge in [0.15, 0.2) is 6.29 Å². The Morgan fingerprint density at radius 2 is 1.75 bits per heavy atom. The molecule has 0 heterocycles. The first-order valence-corrected chi connectivity index (χ1v) is 6.41. The molecule has 96 valence electrons. The van der Waals surface area contributed by atoms with Gasteiger partial charge in [-0.15, -0.1) is 0 Å². The minimum absolute atomic E-state index is 0.149. The number of ether oxygens (including phenoxy) is 2. The van der Waals surface area contributed by atoms with Crippen molar-refractivity contribution in [3.8, 4) is 0 Å². The largest absolute Gasteiger partial charge is 0.354 e. The molecule has 1 rings (SSSR count). The minimum Gasteiger partial charge on any atom is -0.354 e. The summed E-state index contributed by atoms with van der Waals surface area (Å²) in [6.07, 6.45) is 3.83. The highest BCUT2D eigenvalue weighted by atomic mass is 16.7. The molecular formula is C13H27NO2. The van der Waals surface area contributed by atoms with Crippen LogP contribution >= 0.6 is 0 Å². The van der Waals surface area contributed by atoms with E-state index in [4.69, 9.17) is 9.47 Å². The lowest BCUT2D eigenvalue weighted by molar-refractivity contribution is -0.122. The number of hydrogen-bond donors (Lipinski definition) is 1. The third-order valence-corrected chi connectivity index (χ3v) is 4.06. The van der Waals surface area contributed by atoms with Gasteiger partial charge in [0.05, 0.1) is 6.04 Å². The average molecular weight is 229 g/mol. The Labute approximate surface area is 99.9 Å². The molecule has 1 saturated carbocycles. The summed E-state index contributed by atoms with van der Waals surface area (Å²) in [6, 6.07) is 0.847. The van der Waals surface area contributed by atoms with Crippen LogP contribution in [0.2, 0.25) is 0 Å². The van der Waals surface area contributed by atoms with Gasteiger partial charge >= 0.3 is 0 Å². The molecule has 0 aromatic rings. The molecule has 3 heteroatoms. The first-order chi connectivity index (χ1) is 7.60. The molecule has 16 heavy (non-hydrogen) atoms. The van der Waals surface area contributed by atoms with Gasteiger partial charge in [0.25, 0.3) is 0 Å². The van der Waals surface area contributed by atoms with Crippen molar-refractivity contribution in [1.29, 1.82) is 0 Å². The molecule has 0 aliphatic heterocycles. The fourth-order valence-electron chi connectivity index (χ4n) is 2.74. The maximum absolute atomic E-state index is 5.28. The van der Waals surface area contributed by atoms with Crippen molar-refractivity contribution in [2.75, 3.05) is 14.2 Å². The van der Waals surface area contributed by atoms with E-state index in [1.807, 2.05) is 0 Å². The molecule has 0 spiro atoms. The van der Waals surface area contributed by atoms with Gasteiger partial charge in [-0.1, -0.05) is 26.7 Å². The fourth-order valence-corrected chi connectivity index (χ4v) is 2.74. The van der Waals surface area contributed by atoms with Gasteiger partial charge in [0.2, 0.25) is 0 Å². The van der Waals surface area contributed by atoms with Crippen molar-refractivity contribution in [1.82, 2.24) is 5.32 Å². The summed E-state index contributed by atoms with van der Waals surface area (Å²) in [5, 5.41) is 3.65. The Morgan fingerprint density at radius 1 is 1.12 bits per heavy atom. The second-order valence-electron chi connectivity index (χ2n) is 5.17. The summed E-state index contributed by atoms with van der Waals surface area (Å²) < 4.78 is 10.6. The first-order valence-electron chi connectivity index (χ1n) is 6.41. The molecule has 0 aromatic carbocycles. The summed E-state index contributed by atoms with van der Waals surface area (Å²) >= 11 is 0. The second-order valence-corrected chi connectivity index (χ2v) is 5.17. The monoisotopic (exact) mass is 229 g/mol. The highest BCUT2D eigenvalue weighted by Crippen LogP contribution is 2.29. The normalized spacial score (nSPS) is 33.0. The van der Waals surface area contributed by atoms with Gasteiger partial charge in [-0.05, 0) is 25.2 Å². The summed E-state index contributed by atoms with van der Waals surface area (Å²) in [6.45, 7) is 6.83. The van der Waals surface area contributed by atoms with Gasteiger partial charge < -0.3 is 14.8 Å². The molecule has 1 N–H and O–H groups in total. The van der Waals surface area contributed by atoms with Crippen LogP contribution in [0.3, 0.4) is 0 Å². The van der Waals surface area contributed by atoms with E-state index in [9.17, 15) is 0 Å². The molecule has 1 aliphatic carbocycles. The van der Waals surface area contributed by atoms with Crippen LogP contribution in [0.25, 0.3) is 0 Å². The van der Waals surface area contributed by atoms with E-state index in [0.29, 0.717) is 6.04 Å². The number of rotatable bonds is 5. The lowest BCUT2D eigenvalue weighted by Crippen LogP contribution is -2.49. The molecule has 0 saturated heterocycles. The standard InChI is InChI=1S/C13H27NO2/c1-9-7-6-8-12(10(9)2)14-11(3)13(15-4)16-5/h9-14H,6-8H2,1-5H3. The maximum Gasteiger partial charge on any atom is 0.171 e. The van der Waals surface area contributed by atoms with E-state index in [1.54, 1.807) is 14.2 Å². The third-order valence-electron chi connectivity index (χ3n) is 4.06. The Kier molecular flexibility index (Phi) is 5.73. The van der Waals surface area contributed by atoms with E-state index in [2.05, 4.69) is 26.1 Å². The molecule has 1 fully saturated rings. The van der Waals surface area contributed by atoms with Crippen molar-refractivity contribution in [3.05, 3.63) is 0 Å². The van der Waals surface area contributed by atoms with Crippen molar-refractivity contribution < 1.29 is 9.47 Å². The summed E-state index contributed by atoms with van der Waals surface area (Å²) in [4.78, 5) is 0. The van der Waals surface area contributed by atoms with E-state index < -0.39 is 0 Å². The SMILES string of the molecule is COC(OC)C(C)NC1CCCC(C)C1C. The van der Waals surface area contributed by atoms with Gasteiger partial charge in [-0.2, -0.15) is 0 Å². The molecule has 0 radical (unpaired) electrons. The first kappa shape index (κ1) is 13.9. The van der Waals surface area contributed by atoms with Crippen LogP contribution in [0.1, 0.15) is 40.0 Å². The van der Waals surface area contributed by atoms with Crippen LogP contribution in [0.15, 0.2) is 0 Å². The van der Waals surface area contributed by atoms with Crippen LogP contribution in [-0.4, -0.2) is 32.6 Å². The molecule has 0 amide bonds. The van der Waals surface area contributed by atoms with Crippen LogP contribution in [0.5, 0.6) is 0 Å². The lowest BCUT2D eigenvalue weighted by Gasteiger charge is -2.37. The highest BCUT2D eigenvalue weighted by molar-refractivity contribution is 4.84. The van der Waals surface area contributed by atoms with Gasteiger partial charge in [0, 0.05) is 20.3 Å². The van der Waals surface area contributed by atoms with Crippen LogP contribution in [0, 0.1) is 11.8 Å². The van der Waals surface area contributed by atoms with Crippen molar-refractivity contribution in [3.63, 3.8) is 0 Å². The average Bonchev–Trinajstić information content (AvgIpc) is 2.26. The van der Waals surface area contributed by atoms with E-state index in [1.165, 1.54) is 19.3 Å². The summed E-state index contributed by atoms with van der Waals surface area (Å²) in [5.74, 6) is 1.56. The van der Waals surface area contributed by atoms with E-state index >= 15 is 0 Å². The Bertz CT molecular complexity index is 194. The molecule has 0 aromatic heterocycles. The van der Waals surface area contributed by atoms with Crippen molar-refractivity contribution in [2.24, 2.45) is 11.8 Å². The fraction of sp³-hybridized carbons (Fsp3) is 1.00. The smallest absolute Gasteiger partial charge is 0.171 e. The number of methoxy groups -OCH3 is 2. The molecular weight excluding hydrogens is 202 g/mol. The zero-order valence-corrected chi connectivity index (χ0v) is 11.3. The predicted molar refractivity (Wildman–Crippen MR) is 66.4 cm³/mol. The van der Waals surface area contributed by atoms with E-state index in [-0.39, 0.29) is 12.3 Å². The van der Waals surface area contributed by atoms with Crippen LogP contribution in [-0.2, 0) is 9.47 Å². The molecule has 3 nitrogen and oxygen atoms in total. The van der Waals surface area contributed by atoms with Crippen LogP contribution in [0.4, 0.5) is 0 Å². The topological polar surface area (TPSA) is 30.5 Å². The second kappa shape index (κ2) is 6.58. The Morgan fingerprint density at radius 3 is 2.31 bits per heavy atom.